The molecule has 0 amide bonds. The van der Waals surface area contributed by atoms with Crippen LogP contribution in [0.25, 0.3) is 0 Å². The highest BCUT2D eigenvalue weighted by atomic mass is 32.1. The Labute approximate surface area is 161 Å². The van der Waals surface area contributed by atoms with Gasteiger partial charge in [-0.2, -0.15) is 0 Å². The number of nitrogens with zero attached hydrogens (tertiary/aromatic N) is 2. The fraction of sp³-hybridized carbons (Fsp3) is 0.545. The zero-order valence-corrected chi connectivity index (χ0v) is 16.9. The van der Waals surface area contributed by atoms with Crippen molar-refractivity contribution in [1.29, 1.82) is 0 Å². The summed E-state index contributed by atoms with van der Waals surface area (Å²) in [5.41, 5.74) is 1.93. The molecule has 1 aromatic carbocycles. The molecular formula is C22H30N2OS. The maximum Gasteiger partial charge on any atom is 0.119 e. The molecule has 4 heteroatoms. The van der Waals surface area contributed by atoms with Crippen LogP contribution in [0.2, 0.25) is 0 Å². The number of ether oxygens (including phenoxy) is 1. The van der Waals surface area contributed by atoms with Gasteiger partial charge in [-0.3, -0.25) is 9.80 Å². The lowest BCUT2D eigenvalue weighted by Crippen LogP contribution is -2.41. The Morgan fingerprint density at radius 1 is 1.00 bits per heavy atom. The van der Waals surface area contributed by atoms with Gasteiger partial charge in [-0.25, -0.2) is 0 Å². The van der Waals surface area contributed by atoms with Crippen LogP contribution in [0.5, 0.6) is 5.75 Å². The first-order valence-electron chi connectivity index (χ1n) is 9.77. The molecule has 26 heavy (non-hydrogen) atoms. The third-order valence-electron chi connectivity index (χ3n) is 6.15. The zero-order valence-electron chi connectivity index (χ0n) is 16.0. The number of thiophene rings is 1. The number of piperidine rings is 1. The van der Waals surface area contributed by atoms with Crippen LogP contribution in [0.1, 0.15) is 34.6 Å². The van der Waals surface area contributed by atoms with E-state index in [1.54, 1.807) is 7.11 Å². The molecule has 0 aliphatic carbocycles. The van der Waals surface area contributed by atoms with Gasteiger partial charge in [0.05, 0.1) is 7.11 Å². The Balaban J connectivity index is 1.29. The monoisotopic (exact) mass is 370 g/mol. The van der Waals surface area contributed by atoms with Crippen molar-refractivity contribution in [3.8, 4) is 5.75 Å². The summed E-state index contributed by atoms with van der Waals surface area (Å²) in [6.07, 6.45) is 4.07. The number of hydrogen-bond acceptors (Lipinski definition) is 4. The van der Waals surface area contributed by atoms with Gasteiger partial charge in [0.2, 0.25) is 0 Å². The normalized spacial score (nSPS) is 20.7. The molecule has 2 saturated heterocycles. The molecule has 2 aromatic rings. The van der Waals surface area contributed by atoms with Crippen molar-refractivity contribution in [2.75, 3.05) is 33.3 Å². The van der Waals surface area contributed by atoms with Crippen LogP contribution < -0.4 is 4.74 Å². The molecule has 2 aliphatic rings. The second-order valence-electron chi connectivity index (χ2n) is 8.10. The highest BCUT2D eigenvalue weighted by Crippen LogP contribution is 2.41. The average Bonchev–Trinajstić information content (AvgIpc) is 3.24. The minimum Gasteiger partial charge on any atom is -0.497 e. The lowest BCUT2D eigenvalue weighted by atomic mass is 9.77. The third-order valence-corrected chi connectivity index (χ3v) is 7.14. The molecule has 0 unspecified atom stereocenters. The standard InChI is InChI=1S/C22H30N2OS/c1-18-6-7-21(26-18)16-24-13-10-22(17-24)8-11-23(12-9-22)15-19-4-3-5-20(14-19)25-2/h3-7,14H,8-13,15-17H2,1-2H3. The molecule has 0 atom stereocenters. The van der Waals surface area contributed by atoms with E-state index in [4.69, 9.17) is 4.74 Å². The van der Waals surface area contributed by atoms with Gasteiger partial charge in [0.1, 0.15) is 5.75 Å². The predicted octanol–water partition coefficient (Wildman–Crippen LogP) is 4.55. The summed E-state index contributed by atoms with van der Waals surface area (Å²) < 4.78 is 5.36. The van der Waals surface area contributed by atoms with E-state index in [-0.39, 0.29) is 0 Å². The largest absolute Gasteiger partial charge is 0.497 e. The van der Waals surface area contributed by atoms with Gasteiger partial charge in [-0.1, -0.05) is 12.1 Å². The number of aryl methyl sites for hydroxylation is 1. The molecule has 3 heterocycles. The van der Waals surface area contributed by atoms with Gasteiger partial charge < -0.3 is 4.74 Å². The summed E-state index contributed by atoms with van der Waals surface area (Å²) in [5.74, 6) is 0.964. The van der Waals surface area contributed by atoms with Gasteiger partial charge in [-0.05, 0) is 81.1 Å². The Morgan fingerprint density at radius 2 is 1.77 bits per heavy atom. The van der Waals surface area contributed by atoms with Crippen LogP contribution in [0.15, 0.2) is 36.4 Å². The first-order chi connectivity index (χ1) is 12.6. The molecule has 1 spiro atoms. The Hall–Kier alpha value is -1.36. The van der Waals surface area contributed by atoms with E-state index in [1.807, 2.05) is 17.4 Å². The maximum atomic E-state index is 5.36. The third kappa shape index (κ3) is 4.13. The summed E-state index contributed by atoms with van der Waals surface area (Å²) in [6, 6.07) is 13.1. The van der Waals surface area contributed by atoms with E-state index >= 15 is 0 Å². The SMILES string of the molecule is COc1cccc(CN2CCC3(CC2)CCN(Cc2ccc(C)s2)C3)c1. The topological polar surface area (TPSA) is 15.7 Å². The minimum atomic E-state index is 0.567. The van der Waals surface area contributed by atoms with E-state index in [1.165, 1.54) is 60.8 Å². The van der Waals surface area contributed by atoms with Crippen LogP contribution in [0.3, 0.4) is 0 Å². The van der Waals surface area contributed by atoms with Crippen molar-refractivity contribution >= 4 is 11.3 Å². The molecule has 1 aromatic heterocycles. The molecule has 0 radical (unpaired) electrons. The highest BCUT2D eigenvalue weighted by molar-refractivity contribution is 7.11. The molecule has 0 N–H and O–H groups in total. The molecule has 4 rings (SSSR count). The quantitative estimate of drug-likeness (QED) is 0.768. The molecule has 2 aliphatic heterocycles. The fourth-order valence-electron chi connectivity index (χ4n) is 4.58. The Morgan fingerprint density at radius 3 is 2.46 bits per heavy atom. The number of benzene rings is 1. The number of rotatable bonds is 5. The maximum absolute atomic E-state index is 5.36. The summed E-state index contributed by atoms with van der Waals surface area (Å²) in [7, 11) is 1.74. The van der Waals surface area contributed by atoms with Crippen LogP contribution >= 0.6 is 11.3 Å². The van der Waals surface area contributed by atoms with Gasteiger partial charge in [0.15, 0.2) is 0 Å². The van der Waals surface area contributed by atoms with Crippen molar-refractivity contribution in [2.24, 2.45) is 5.41 Å². The lowest BCUT2D eigenvalue weighted by molar-refractivity contribution is 0.102. The minimum absolute atomic E-state index is 0.567. The van der Waals surface area contributed by atoms with Gasteiger partial charge in [0.25, 0.3) is 0 Å². The summed E-state index contributed by atoms with van der Waals surface area (Å²) in [5, 5.41) is 0. The van der Waals surface area contributed by atoms with Gasteiger partial charge in [0, 0.05) is 29.4 Å². The van der Waals surface area contributed by atoms with Crippen molar-refractivity contribution < 1.29 is 4.74 Å². The van der Waals surface area contributed by atoms with E-state index in [2.05, 4.69) is 47.1 Å². The molecule has 0 bridgehead atoms. The number of methoxy groups -OCH3 is 1. The van der Waals surface area contributed by atoms with Crippen LogP contribution in [-0.2, 0) is 13.1 Å². The summed E-state index contributed by atoms with van der Waals surface area (Å²) in [6.45, 7) is 9.41. The number of likely N-dealkylation sites (tertiary alicyclic amines) is 2. The van der Waals surface area contributed by atoms with Crippen molar-refractivity contribution in [2.45, 2.75) is 39.3 Å². The van der Waals surface area contributed by atoms with E-state index in [0.29, 0.717) is 5.41 Å². The van der Waals surface area contributed by atoms with E-state index in [9.17, 15) is 0 Å². The van der Waals surface area contributed by atoms with Crippen LogP contribution in [0, 0.1) is 12.3 Å². The Kier molecular flexibility index (Phi) is 5.35. The highest BCUT2D eigenvalue weighted by Gasteiger charge is 2.40. The second kappa shape index (κ2) is 7.71. The van der Waals surface area contributed by atoms with Crippen LogP contribution in [-0.4, -0.2) is 43.1 Å². The molecular weight excluding hydrogens is 340 g/mol. The number of hydrogen-bond donors (Lipinski definition) is 0. The smallest absolute Gasteiger partial charge is 0.119 e. The first-order valence-corrected chi connectivity index (χ1v) is 10.6. The predicted molar refractivity (Wildman–Crippen MR) is 109 cm³/mol. The fourth-order valence-corrected chi connectivity index (χ4v) is 5.51. The summed E-state index contributed by atoms with van der Waals surface area (Å²) in [4.78, 5) is 8.25. The average molecular weight is 371 g/mol. The molecule has 0 saturated carbocycles. The second-order valence-corrected chi connectivity index (χ2v) is 9.47. The van der Waals surface area contributed by atoms with Crippen molar-refractivity contribution in [3.05, 3.63) is 51.7 Å². The van der Waals surface area contributed by atoms with Crippen molar-refractivity contribution in [3.63, 3.8) is 0 Å². The lowest BCUT2D eigenvalue weighted by Gasteiger charge is -2.39. The molecule has 3 nitrogen and oxygen atoms in total. The van der Waals surface area contributed by atoms with Gasteiger partial charge >= 0.3 is 0 Å². The van der Waals surface area contributed by atoms with Gasteiger partial charge in [-0.15, -0.1) is 11.3 Å². The van der Waals surface area contributed by atoms with Crippen molar-refractivity contribution in [1.82, 2.24) is 9.80 Å². The Bertz CT molecular complexity index is 733. The van der Waals surface area contributed by atoms with E-state index in [0.717, 1.165) is 18.8 Å². The summed E-state index contributed by atoms with van der Waals surface area (Å²) >= 11 is 1.95. The van der Waals surface area contributed by atoms with E-state index < -0.39 is 0 Å². The molecule has 2 fully saturated rings. The van der Waals surface area contributed by atoms with Crippen LogP contribution in [0.4, 0.5) is 0 Å². The first kappa shape index (κ1) is 18.0. The zero-order chi connectivity index (χ0) is 18.0. The molecule has 140 valence electrons.